The average Bonchev–Trinajstić information content (AvgIpc) is 3.17. The number of likely N-dealkylation sites (tertiary alicyclic amines) is 1. The molecule has 1 unspecified atom stereocenters. The van der Waals surface area contributed by atoms with Crippen molar-refractivity contribution >= 4 is 5.91 Å². The Hall–Kier alpha value is -1.47. The molecule has 0 N–H and O–H groups in total. The minimum atomic E-state index is 0.144. The molecule has 1 atom stereocenters. The van der Waals surface area contributed by atoms with Crippen molar-refractivity contribution in [2.45, 2.75) is 50.9 Å². The van der Waals surface area contributed by atoms with E-state index in [2.05, 4.69) is 15.0 Å². The van der Waals surface area contributed by atoms with Crippen molar-refractivity contribution in [3.63, 3.8) is 0 Å². The van der Waals surface area contributed by atoms with Crippen molar-refractivity contribution < 1.29 is 18.8 Å². The maximum absolute atomic E-state index is 12.8. The van der Waals surface area contributed by atoms with Crippen LogP contribution in [0.5, 0.6) is 0 Å². The summed E-state index contributed by atoms with van der Waals surface area (Å²) in [6, 6.07) is 0. The van der Waals surface area contributed by atoms with Crippen molar-refractivity contribution in [2.75, 3.05) is 39.5 Å². The van der Waals surface area contributed by atoms with E-state index in [9.17, 15) is 4.79 Å². The van der Waals surface area contributed by atoms with Crippen LogP contribution in [0, 0.1) is 11.8 Å². The summed E-state index contributed by atoms with van der Waals surface area (Å²) in [7, 11) is 0. The Balaban J connectivity index is 1.32. The molecule has 3 aliphatic heterocycles. The van der Waals surface area contributed by atoms with Gasteiger partial charge in [-0.15, -0.1) is 0 Å². The van der Waals surface area contributed by atoms with Crippen LogP contribution in [-0.4, -0.2) is 60.5 Å². The highest BCUT2D eigenvalue weighted by Gasteiger charge is 2.31. The Morgan fingerprint density at radius 3 is 2.54 bits per heavy atom. The molecular weight excluding hydrogens is 334 g/mol. The molecule has 26 heavy (non-hydrogen) atoms. The molecular formula is C19H29N3O4. The van der Waals surface area contributed by atoms with Gasteiger partial charge < -0.3 is 18.9 Å². The van der Waals surface area contributed by atoms with E-state index >= 15 is 0 Å². The molecule has 7 heteroatoms. The number of nitrogens with zero attached hydrogens (tertiary/aromatic N) is 3. The summed E-state index contributed by atoms with van der Waals surface area (Å²) < 4.78 is 16.3. The second-order valence-electron chi connectivity index (χ2n) is 7.82. The second kappa shape index (κ2) is 8.48. The largest absolute Gasteiger partial charge is 0.381 e. The van der Waals surface area contributed by atoms with Crippen molar-refractivity contribution in [1.82, 2.24) is 15.0 Å². The molecule has 1 aromatic heterocycles. The number of ether oxygens (including phenoxy) is 2. The molecule has 4 heterocycles. The van der Waals surface area contributed by atoms with Gasteiger partial charge in [-0.1, -0.05) is 5.16 Å². The van der Waals surface area contributed by atoms with Crippen LogP contribution in [0.4, 0.5) is 0 Å². The topological polar surface area (TPSA) is 77.7 Å². The Morgan fingerprint density at radius 1 is 1.04 bits per heavy atom. The predicted octanol–water partition coefficient (Wildman–Crippen LogP) is 2.17. The number of carbonyl (C=O) groups is 1. The van der Waals surface area contributed by atoms with Gasteiger partial charge in [0, 0.05) is 57.8 Å². The third-order valence-electron chi connectivity index (χ3n) is 5.93. The third kappa shape index (κ3) is 4.26. The summed E-state index contributed by atoms with van der Waals surface area (Å²) in [6.07, 6.45) is 6.60. The van der Waals surface area contributed by atoms with E-state index in [-0.39, 0.29) is 5.92 Å². The van der Waals surface area contributed by atoms with Crippen LogP contribution in [0.1, 0.15) is 56.2 Å². The van der Waals surface area contributed by atoms with E-state index in [1.165, 1.54) is 0 Å². The van der Waals surface area contributed by atoms with Crippen molar-refractivity contribution in [3.8, 4) is 0 Å². The fourth-order valence-corrected chi connectivity index (χ4v) is 4.35. The standard InChI is InChI=1S/C19H29N3O4/c23-19(16-5-10-25-11-6-16)22-7-1-2-14(13-22)12-17-20-18(21-26-17)15-3-8-24-9-4-15/h14-16H,1-13H2. The van der Waals surface area contributed by atoms with Gasteiger partial charge in [-0.25, -0.2) is 0 Å². The van der Waals surface area contributed by atoms with Crippen LogP contribution < -0.4 is 0 Å². The number of carbonyl (C=O) groups excluding carboxylic acids is 1. The number of aromatic nitrogens is 2. The van der Waals surface area contributed by atoms with Gasteiger partial charge >= 0.3 is 0 Å². The molecule has 3 saturated heterocycles. The zero-order valence-corrected chi connectivity index (χ0v) is 15.4. The lowest BCUT2D eigenvalue weighted by atomic mass is 9.92. The van der Waals surface area contributed by atoms with Gasteiger partial charge in [-0.05, 0) is 44.4 Å². The molecule has 0 aromatic carbocycles. The summed E-state index contributed by atoms with van der Waals surface area (Å²) in [5, 5.41) is 4.20. The average molecular weight is 363 g/mol. The smallest absolute Gasteiger partial charge is 0.226 e. The number of hydrogen-bond acceptors (Lipinski definition) is 6. The minimum Gasteiger partial charge on any atom is -0.381 e. The lowest BCUT2D eigenvalue weighted by Crippen LogP contribution is -2.44. The maximum atomic E-state index is 12.8. The highest BCUT2D eigenvalue weighted by Crippen LogP contribution is 2.27. The molecule has 0 aliphatic carbocycles. The zero-order valence-electron chi connectivity index (χ0n) is 15.4. The molecule has 144 valence electrons. The molecule has 1 aromatic rings. The molecule has 1 amide bonds. The van der Waals surface area contributed by atoms with Gasteiger partial charge in [0.15, 0.2) is 5.82 Å². The van der Waals surface area contributed by atoms with E-state index in [1.807, 2.05) is 0 Å². The first-order valence-electron chi connectivity index (χ1n) is 10.1. The van der Waals surface area contributed by atoms with Gasteiger partial charge in [0.25, 0.3) is 0 Å². The van der Waals surface area contributed by atoms with Crippen LogP contribution >= 0.6 is 0 Å². The fourth-order valence-electron chi connectivity index (χ4n) is 4.35. The molecule has 4 rings (SSSR count). The number of amides is 1. The first-order valence-corrected chi connectivity index (χ1v) is 10.1. The SMILES string of the molecule is O=C(C1CCOCC1)N1CCCC(Cc2nc(C3CCOCC3)no2)C1. The lowest BCUT2D eigenvalue weighted by Gasteiger charge is -2.35. The van der Waals surface area contributed by atoms with Crippen molar-refractivity contribution in [2.24, 2.45) is 11.8 Å². The van der Waals surface area contributed by atoms with E-state index in [1.54, 1.807) is 0 Å². The van der Waals surface area contributed by atoms with Crippen LogP contribution in [0.2, 0.25) is 0 Å². The number of rotatable bonds is 4. The van der Waals surface area contributed by atoms with Gasteiger partial charge in [0.2, 0.25) is 11.8 Å². The molecule has 7 nitrogen and oxygen atoms in total. The molecule has 0 spiro atoms. The zero-order chi connectivity index (χ0) is 17.8. The highest BCUT2D eigenvalue weighted by atomic mass is 16.5. The van der Waals surface area contributed by atoms with Crippen molar-refractivity contribution in [1.29, 1.82) is 0 Å². The third-order valence-corrected chi connectivity index (χ3v) is 5.93. The van der Waals surface area contributed by atoms with Crippen LogP contribution in [0.25, 0.3) is 0 Å². The lowest BCUT2D eigenvalue weighted by molar-refractivity contribution is -0.140. The Kier molecular flexibility index (Phi) is 5.84. The fraction of sp³-hybridized carbons (Fsp3) is 0.842. The normalized spacial score (nSPS) is 26.2. The van der Waals surface area contributed by atoms with Gasteiger partial charge in [-0.2, -0.15) is 4.98 Å². The highest BCUT2D eigenvalue weighted by molar-refractivity contribution is 5.79. The summed E-state index contributed by atoms with van der Waals surface area (Å²) >= 11 is 0. The van der Waals surface area contributed by atoms with E-state index < -0.39 is 0 Å². The van der Waals surface area contributed by atoms with E-state index in [4.69, 9.17) is 14.0 Å². The van der Waals surface area contributed by atoms with Crippen LogP contribution in [0.15, 0.2) is 4.52 Å². The first-order chi connectivity index (χ1) is 12.8. The monoisotopic (exact) mass is 363 g/mol. The maximum Gasteiger partial charge on any atom is 0.226 e. The predicted molar refractivity (Wildman–Crippen MR) is 93.6 cm³/mol. The summed E-state index contributed by atoms with van der Waals surface area (Å²) in [5.74, 6) is 2.78. The van der Waals surface area contributed by atoms with Crippen LogP contribution in [0.3, 0.4) is 0 Å². The Morgan fingerprint density at radius 2 is 1.77 bits per heavy atom. The number of hydrogen-bond donors (Lipinski definition) is 0. The first kappa shape index (κ1) is 17.9. The quantitative estimate of drug-likeness (QED) is 0.816. The van der Waals surface area contributed by atoms with E-state index in [0.29, 0.717) is 31.0 Å². The van der Waals surface area contributed by atoms with Crippen molar-refractivity contribution in [3.05, 3.63) is 11.7 Å². The summed E-state index contributed by atoms with van der Waals surface area (Å²) in [5.41, 5.74) is 0. The van der Waals surface area contributed by atoms with Crippen LogP contribution in [-0.2, 0) is 20.7 Å². The Bertz CT molecular complexity index is 593. The molecule has 3 aliphatic rings. The summed E-state index contributed by atoms with van der Waals surface area (Å²) in [6.45, 7) is 4.67. The van der Waals surface area contributed by atoms with E-state index in [0.717, 1.165) is 83.0 Å². The summed E-state index contributed by atoms with van der Waals surface area (Å²) in [4.78, 5) is 19.5. The molecule has 0 bridgehead atoms. The second-order valence-corrected chi connectivity index (χ2v) is 7.82. The molecule has 3 fully saturated rings. The van der Waals surface area contributed by atoms with Gasteiger partial charge in [0.05, 0.1) is 0 Å². The number of piperidine rings is 1. The van der Waals surface area contributed by atoms with Gasteiger partial charge in [0.1, 0.15) is 0 Å². The minimum absolute atomic E-state index is 0.144. The molecule has 0 radical (unpaired) electrons. The molecule has 0 saturated carbocycles. The van der Waals surface area contributed by atoms with Gasteiger partial charge in [-0.3, -0.25) is 4.79 Å². The Labute approximate surface area is 154 Å².